The van der Waals surface area contributed by atoms with E-state index in [0.29, 0.717) is 36.4 Å². The molecular formula is C30H30ClN10O7S2+. The molecule has 2 aliphatic heterocycles. The van der Waals surface area contributed by atoms with Crippen LogP contribution < -0.4 is 15.6 Å². The molecule has 1 aromatic carbocycles. The first-order valence-corrected chi connectivity index (χ1v) is 17.2. The van der Waals surface area contributed by atoms with Crippen molar-refractivity contribution in [2.24, 2.45) is 5.16 Å². The smallest absolute Gasteiger partial charge is 0.350 e. The summed E-state index contributed by atoms with van der Waals surface area (Å²) in [7, 11) is 0. The number of nitrogen functional groups attached to an aromatic ring is 1. The molecule has 20 heteroatoms. The first-order valence-electron chi connectivity index (χ1n) is 14.9. The van der Waals surface area contributed by atoms with E-state index in [1.54, 1.807) is 6.07 Å². The number of halogens is 1. The summed E-state index contributed by atoms with van der Waals surface area (Å²) in [5.41, 5.74) is 6.79. The highest BCUT2D eigenvalue weighted by molar-refractivity contribution is 8.00. The molecule has 1 fully saturated rings. The van der Waals surface area contributed by atoms with E-state index in [1.807, 2.05) is 29.1 Å². The number of aromatic nitrogens is 6. The van der Waals surface area contributed by atoms with E-state index in [-0.39, 0.29) is 38.9 Å². The van der Waals surface area contributed by atoms with Crippen LogP contribution in [0.1, 0.15) is 36.5 Å². The van der Waals surface area contributed by atoms with Gasteiger partial charge in [-0.25, -0.2) is 14.3 Å². The minimum Gasteiger partial charge on any atom is -0.504 e. The molecule has 2 aliphatic rings. The molecule has 3 aromatic heterocycles. The third-order valence-electron chi connectivity index (χ3n) is 7.94. The lowest BCUT2D eigenvalue weighted by molar-refractivity contribution is -0.688. The van der Waals surface area contributed by atoms with Crippen LogP contribution in [0.2, 0.25) is 5.02 Å². The molecule has 6 rings (SSSR count). The molecule has 2 atom stereocenters. The maximum Gasteiger partial charge on any atom is 0.350 e. The van der Waals surface area contributed by atoms with Crippen LogP contribution in [0, 0.1) is 0 Å². The van der Waals surface area contributed by atoms with Gasteiger partial charge in [-0.15, -0.1) is 33.3 Å². The fourth-order valence-corrected chi connectivity index (χ4v) is 7.27. The first-order chi connectivity index (χ1) is 23.8. The summed E-state index contributed by atoms with van der Waals surface area (Å²) in [5, 5.41) is 51.1. The van der Waals surface area contributed by atoms with Crippen molar-refractivity contribution in [3.8, 4) is 11.5 Å². The molecule has 50 heavy (non-hydrogen) atoms. The van der Waals surface area contributed by atoms with E-state index < -0.39 is 34.8 Å². The van der Waals surface area contributed by atoms with Gasteiger partial charge in [0, 0.05) is 28.8 Å². The van der Waals surface area contributed by atoms with Gasteiger partial charge in [0.15, 0.2) is 41.3 Å². The number of aromatic amines is 1. The number of nitrogens with one attached hydrogen (secondary N) is 2. The monoisotopic (exact) mass is 741 g/mol. The number of H-pyrrole nitrogens is 1. The van der Waals surface area contributed by atoms with Crippen molar-refractivity contribution in [2.45, 2.75) is 50.3 Å². The molecule has 4 aromatic rings. The van der Waals surface area contributed by atoms with Crippen LogP contribution in [-0.4, -0.2) is 92.1 Å². The number of aryl methyl sites for hydroxylation is 2. The molecule has 0 unspecified atom stereocenters. The van der Waals surface area contributed by atoms with Crippen LogP contribution in [-0.2, 0) is 38.6 Å². The number of phenols is 2. The first kappa shape index (κ1) is 34.6. The molecule has 0 spiro atoms. The fourth-order valence-electron chi connectivity index (χ4n) is 5.14. The average Bonchev–Trinajstić information content (AvgIpc) is 3.78. The van der Waals surface area contributed by atoms with Crippen LogP contribution >= 0.6 is 34.7 Å². The van der Waals surface area contributed by atoms with Crippen molar-refractivity contribution in [1.82, 2.24) is 35.8 Å². The second kappa shape index (κ2) is 13.9. The molecule has 0 saturated carbocycles. The molecule has 17 nitrogen and oxygen atoms in total. The Morgan fingerprint density at radius 3 is 2.66 bits per heavy atom. The van der Waals surface area contributed by atoms with E-state index in [2.05, 4.69) is 36.1 Å². The van der Waals surface area contributed by atoms with E-state index in [9.17, 15) is 29.7 Å². The van der Waals surface area contributed by atoms with Gasteiger partial charge >= 0.3 is 5.97 Å². The number of nitrogens with zero attached hydrogens (tertiary/aromatic N) is 7. The number of thiazole rings is 1. The van der Waals surface area contributed by atoms with Crippen LogP contribution in [0.15, 0.2) is 52.8 Å². The molecule has 2 amide bonds. The Morgan fingerprint density at radius 2 is 2.00 bits per heavy atom. The highest BCUT2D eigenvalue weighted by atomic mass is 35.5. The third-order valence-corrected chi connectivity index (χ3v) is 10.4. The highest BCUT2D eigenvalue weighted by Gasteiger charge is 2.54. The largest absolute Gasteiger partial charge is 0.504 e. The summed E-state index contributed by atoms with van der Waals surface area (Å²) in [6.45, 7) is 2.95. The van der Waals surface area contributed by atoms with Gasteiger partial charge in [-0.2, -0.15) is 5.21 Å². The maximum absolute atomic E-state index is 13.7. The zero-order valence-corrected chi connectivity index (χ0v) is 28.8. The predicted octanol–water partition coefficient (Wildman–Crippen LogP) is 1.47. The lowest BCUT2D eigenvalue weighted by Crippen LogP contribution is -2.70. The molecule has 260 valence electrons. The topological polar surface area (TPSA) is 246 Å². The van der Waals surface area contributed by atoms with E-state index in [4.69, 9.17) is 22.2 Å². The number of rotatable bonds is 12. The number of aliphatic carboxylic acids is 1. The lowest BCUT2D eigenvalue weighted by atomic mass is 10.0. The number of fused-ring (bicyclic) bond motifs is 1. The number of carboxylic acid groups (broad SMARTS) is 1. The summed E-state index contributed by atoms with van der Waals surface area (Å²) < 4.78 is 1.95. The zero-order chi connectivity index (χ0) is 35.7. The van der Waals surface area contributed by atoms with Crippen LogP contribution in [0.25, 0.3) is 5.70 Å². The van der Waals surface area contributed by atoms with Crippen LogP contribution in [0.4, 0.5) is 5.13 Å². The summed E-state index contributed by atoms with van der Waals surface area (Å²) in [4.78, 5) is 49.5. The molecule has 0 aliphatic carbocycles. The number of aromatic hydroxyl groups is 2. The number of hydrogen-bond donors (Lipinski definition) is 6. The molecule has 0 bridgehead atoms. The third kappa shape index (κ3) is 6.92. The number of amides is 2. The second-order valence-corrected chi connectivity index (χ2v) is 14.1. The van der Waals surface area contributed by atoms with E-state index >= 15 is 0 Å². The summed E-state index contributed by atoms with van der Waals surface area (Å²) in [6, 6.07) is 6.04. The van der Waals surface area contributed by atoms with Crippen molar-refractivity contribution in [3.05, 3.63) is 75.3 Å². The van der Waals surface area contributed by atoms with Gasteiger partial charge in [0.25, 0.3) is 11.8 Å². The lowest BCUT2D eigenvalue weighted by Gasteiger charge is -2.49. The van der Waals surface area contributed by atoms with E-state index in [1.165, 1.54) is 42.0 Å². The Labute approximate surface area is 296 Å². The Bertz CT molecular complexity index is 2020. The van der Waals surface area contributed by atoms with E-state index in [0.717, 1.165) is 22.5 Å². The van der Waals surface area contributed by atoms with Crippen molar-refractivity contribution in [2.75, 3.05) is 11.5 Å². The van der Waals surface area contributed by atoms with Crippen molar-refractivity contribution >= 4 is 69.0 Å². The number of anilines is 1. The number of β-lactam (4-membered cyclic amide) rings is 1. The second-order valence-electron chi connectivity index (χ2n) is 11.8. The molecular weight excluding hydrogens is 712 g/mol. The number of carbonyl (C=O) groups is 3. The summed E-state index contributed by atoms with van der Waals surface area (Å²) in [6.07, 6.45) is 5.00. The number of nitrogens with two attached hydrogens (primary N) is 1. The average molecular weight is 742 g/mol. The van der Waals surface area contributed by atoms with Gasteiger partial charge in [0.2, 0.25) is 11.4 Å². The van der Waals surface area contributed by atoms with Gasteiger partial charge in [-0.1, -0.05) is 22.8 Å². The number of oxime groups is 1. The van der Waals surface area contributed by atoms with Gasteiger partial charge in [-0.3, -0.25) is 14.5 Å². The Morgan fingerprint density at radius 1 is 1.24 bits per heavy atom. The Balaban J connectivity index is 1.18. The number of phenolic OH excluding ortho intramolecular Hbond substituents is 2. The van der Waals surface area contributed by atoms with Crippen molar-refractivity contribution in [1.29, 1.82) is 0 Å². The minimum atomic E-state index is -1.75. The number of tetrazole rings is 1. The summed E-state index contributed by atoms with van der Waals surface area (Å²) in [5.74, 6) is -2.44. The molecule has 0 radical (unpaired) electrons. The zero-order valence-electron chi connectivity index (χ0n) is 26.4. The van der Waals surface area contributed by atoms with Gasteiger partial charge in [-0.05, 0) is 49.1 Å². The Kier molecular flexibility index (Phi) is 9.63. The number of hydrogen-bond acceptors (Lipinski definition) is 14. The quantitative estimate of drug-likeness (QED) is 0.0397. The van der Waals surface area contributed by atoms with Crippen molar-refractivity contribution < 1.29 is 39.1 Å². The van der Waals surface area contributed by atoms with Gasteiger partial charge in [0.1, 0.15) is 17.1 Å². The number of pyridine rings is 1. The standard InChI is InChI=1S/C30H29ClN10O7S2/c1-30(2,28(46)47)48-37-20(17-13-50-29(32)33-17)25(44)34-21-26(45)41-22(24-35-38-39-36-24)16(12-49-27(21)41)11-40-9-7-14(8-10-40)3-4-15-5-6-18(42)23(43)19(15)31/h5-10,13,21,27H,3-4,11-12H2,1-2H3,(H6-,32,33,34,35,36,37,38,39,42,43,44,46,47)/p+1/t21-,27-/m1/s1. The van der Waals surface area contributed by atoms with Gasteiger partial charge in [0.05, 0.1) is 10.7 Å². The fraction of sp³-hybridized carbons (Fsp3) is 0.300. The number of benzene rings is 1. The molecule has 1 saturated heterocycles. The summed E-state index contributed by atoms with van der Waals surface area (Å²) >= 11 is 8.67. The Hall–Kier alpha value is -5.27. The molecule has 7 N–H and O–H groups in total. The highest BCUT2D eigenvalue weighted by Crippen LogP contribution is 2.43. The maximum atomic E-state index is 13.7. The normalized spacial score (nSPS) is 17.7. The van der Waals surface area contributed by atoms with Gasteiger partial charge < -0.3 is 31.2 Å². The number of thioether (sulfide) groups is 1. The predicted molar refractivity (Wildman–Crippen MR) is 181 cm³/mol. The number of carboxylic acids is 1. The molecule has 5 heterocycles. The van der Waals surface area contributed by atoms with Crippen LogP contribution in [0.3, 0.4) is 0 Å². The number of carbonyl (C=O) groups excluding carboxylic acids is 2. The SMILES string of the molecule is CC(C)(O/N=C(\C(=O)N[C@@H]1C(=O)N2C(c3nn[nH]n3)=C(C[n+]3ccc(CCc4ccc(O)c(O)c4Cl)cc3)CS[C@H]12)c1csc(N)n1)C(=O)O. The van der Waals surface area contributed by atoms with Crippen molar-refractivity contribution in [3.63, 3.8) is 0 Å². The van der Waals surface area contributed by atoms with Crippen LogP contribution in [0.5, 0.6) is 11.5 Å². The minimum absolute atomic E-state index is 0.0623.